The Morgan fingerprint density at radius 3 is 3.07 bits per heavy atom. The van der Waals surface area contributed by atoms with Gasteiger partial charge in [0.05, 0.1) is 10.2 Å². The third kappa shape index (κ3) is 2.17. The predicted molar refractivity (Wildman–Crippen MR) is 64.9 cm³/mol. The number of benzene rings is 1. The van der Waals surface area contributed by atoms with Gasteiger partial charge in [0.25, 0.3) is 0 Å². The summed E-state index contributed by atoms with van der Waals surface area (Å²) in [6.45, 7) is 2.67. The first-order valence-electron chi connectivity index (χ1n) is 4.80. The Hall–Kier alpha value is -1.37. The van der Waals surface area contributed by atoms with Crippen LogP contribution in [-0.4, -0.2) is 12.0 Å². The standard InChI is InChI=1S/C12H12N2S/c1-3-4-9-5-6-11-10(7-9)14-12(15-11)8-13-2/h5-7,13H,8H2,1-2H3. The molecule has 0 saturated heterocycles. The molecule has 1 N–H and O–H groups in total. The molecule has 0 amide bonds. The van der Waals surface area contributed by atoms with Gasteiger partial charge in [0.2, 0.25) is 0 Å². The third-order valence-electron chi connectivity index (χ3n) is 2.03. The van der Waals surface area contributed by atoms with Crippen molar-refractivity contribution in [3.05, 3.63) is 28.8 Å². The van der Waals surface area contributed by atoms with Crippen LogP contribution in [0, 0.1) is 11.8 Å². The first kappa shape index (κ1) is 10.2. The van der Waals surface area contributed by atoms with Crippen molar-refractivity contribution in [2.75, 3.05) is 7.05 Å². The summed E-state index contributed by atoms with van der Waals surface area (Å²) in [6, 6.07) is 6.17. The highest BCUT2D eigenvalue weighted by molar-refractivity contribution is 7.18. The number of hydrogen-bond donors (Lipinski definition) is 1. The van der Waals surface area contributed by atoms with Crippen LogP contribution in [0.15, 0.2) is 18.2 Å². The van der Waals surface area contributed by atoms with Crippen molar-refractivity contribution in [3.63, 3.8) is 0 Å². The number of thiazole rings is 1. The number of nitrogens with zero attached hydrogens (tertiary/aromatic N) is 1. The average Bonchev–Trinajstić information content (AvgIpc) is 2.60. The van der Waals surface area contributed by atoms with Crippen molar-refractivity contribution in [2.45, 2.75) is 13.5 Å². The lowest BCUT2D eigenvalue weighted by Gasteiger charge is -1.89. The van der Waals surface area contributed by atoms with Gasteiger partial charge in [-0.1, -0.05) is 5.92 Å². The van der Waals surface area contributed by atoms with Crippen molar-refractivity contribution in [2.24, 2.45) is 0 Å². The van der Waals surface area contributed by atoms with E-state index in [0.29, 0.717) is 0 Å². The predicted octanol–water partition coefficient (Wildman–Crippen LogP) is 2.39. The molecule has 0 atom stereocenters. The van der Waals surface area contributed by atoms with Gasteiger partial charge >= 0.3 is 0 Å². The van der Waals surface area contributed by atoms with Gasteiger partial charge in [-0.15, -0.1) is 17.3 Å². The van der Waals surface area contributed by atoms with Crippen LogP contribution in [0.1, 0.15) is 17.5 Å². The molecule has 3 heteroatoms. The molecule has 0 unspecified atom stereocenters. The largest absolute Gasteiger partial charge is 0.314 e. The van der Waals surface area contributed by atoms with Gasteiger partial charge in [-0.3, -0.25) is 0 Å². The molecule has 2 nitrogen and oxygen atoms in total. The molecule has 1 aromatic carbocycles. The molecule has 0 aliphatic heterocycles. The first-order valence-corrected chi connectivity index (χ1v) is 5.62. The summed E-state index contributed by atoms with van der Waals surface area (Å²) >= 11 is 1.73. The second-order valence-electron chi connectivity index (χ2n) is 3.20. The molecule has 76 valence electrons. The number of nitrogens with one attached hydrogen (secondary N) is 1. The topological polar surface area (TPSA) is 24.9 Å². The summed E-state index contributed by atoms with van der Waals surface area (Å²) in [5.41, 5.74) is 2.08. The molecule has 2 aromatic rings. The minimum atomic E-state index is 0.828. The van der Waals surface area contributed by atoms with Gasteiger partial charge in [0.1, 0.15) is 5.01 Å². The Bertz CT molecular complexity index is 531. The zero-order valence-corrected chi connectivity index (χ0v) is 9.61. The van der Waals surface area contributed by atoms with Crippen LogP contribution in [0.5, 0.6) is 0 Å². The second-order valence-corrected chi connectivity index (χ2v) is 4.31. The molecule has 0 aliphatic carbocycles. The minimum absolute atomic E-state index is 0.828. The van der Waals surface area contributed by atoms with E-state index in [1.807, 2.05) is 26.1 Å². The maximum atomic E-state index is 4.53. The highest BCUT2D eigenvalue weighted by atomic mass is 32.1. The fourth-order valence-electron chi connectivity index (χ4n) is 1.42. The van der Waals surface area contributed by atoms with Crippen LogP contribution >= 0.6 is 11.3 Å². The van der Waals surface area contributed by atoms with E-state index < -0.39 is 0 Å². The van der Waals surface area contributed by atoms with Crippen molar-refractivity contribution in [1.82, 2.24) is 10.3 Å². The summed E-state index contributed by atoms with van der Waals surface area (Å²) in [5.74, 6) is 5.93. The normalized spacial score (nSPS) is 10.0. The van der Waals surface area contributed by atoms with Gasteiger partial charge in [0.15, 0.2) is 0 Å². The van der Waals surface area contributed by atoms with Crippen molar-refractivity contribution in [3.8, 4) is 11.8 Å². The monoisotopic (exact) mass is 216 g/mol. The Kier molecular flexibility index (Phi) is 3.00. The maximum absolute atomic E-state index is 4.53. The zero-order valence-electron chi connectivity index (χ0n) is 8.79. The Morgan fingerprint density at radius 2 is 2.33 bits per heavy atom. The molecule has 0 bridgehead atoms. The van der Waals surface area contributed by atoms with Crippen LogP contribution < -0.4 is 5.32 Å². The summed E-state index contributed by atoms with van der Waals surface area (Å²) < 4.78 is 1.22. The van der Waals surface area contributed by atoms with E-state index in [2.05, 4.69) is 28.2 Å². The van der Waals surface area contributed by atoms with Crippen molar-refractivity contribution < 1.29 is 0 Å². The SMILES string of the molecule is CC#Cc1ccc2sc(CNC)nc2c1. The van der Waals surface area contributed by atoms with E-state index in [0.717, 1.165) is 22.6 Å². The van der Waals surface area contributed by atoms with E-state index in [-0.39, 0.29) is 0 Å². The van der Waals surface area contributed by atoms with Crippen LogP contribution in [0.2, 0.25) is 0 Å². The molecule has 15 heavy (non-hydrogen) atoms. The molecule has 1 heterocycles. The van der Waals surface area contributed by atoms with Crippen LogP contribution in [0.25, 0.3) is 10.2 Å². The maximum Gasteiger partial charge on any atom is 0.108 e. The van der Waals surface area contributed by atoms with Crippen molar-refractivity contribution in [1.29, 1.82) is 0 Å². The number of aromatic nitrogens is 1. The van der Waals surface area contributed by atoms with Crippen molar-refractivity contribution >= 4 is 21.6 Å². The molecular formula is C12H12N2S. The highest BCUT2D eigenvalue weighted by Crippen LogP contribution is 2.22. The minimum Gasteiger partial charge on any atom is -0.314 e. The lowest BCUT2D eigenvalue weighted by Crippen LogP contribution is -2.03. The quantitative estimate of drug-likeness (QED) is 0.780. The first-order chi connectivity index (χ1) is 7.33. The second kappa shape index (κ2) is 4.43. The van der Waals surface area contributed by atoms with Gasteiger partial charge in [-0.2, -0.15) is 0 Å². The van der Waals surface area contributed by atoms with Gasteiger partial charge < -0.3 is 5.32 Å². The number of fused-ring (bicyclic) bond motifs is 1. The van der Waals surface area contributed by atoms with Crippen LogP contribution in [0.4, 0.5) is 0 Å². The Balaban J connectivity index is 2.45. The van der Waals surface area contributed by atoms with Crippen LogP contribution in [-0.2, 0) is 6.54 Å². The van der Waals surface area contributed by atoms with E-state index in [4.69, 9.17) is 0 Å². The molecule has 0 aliphatic rings. The molecule has 0 spiro atoms. The van der Waals surface area contributed by atoms with Gasteiger partial charge in [-0.05, 0) is 32.2 Å². The summed E-state index contributed by atoms with van der Waals surface area (Å²) in [6.07, 6.45) is 0. The zero-order chi connectivity index (χ0) is 10.7. The number of hydrogen-bond acceptors (Lipinski definition) is 3. The third-order valence-corrected chi connectivity index (χ3v) is 3.07. The Morgan fingerprint density at radius 1 is 1.47 bits per heavy atom. The van der Waals surface area contributed by atoms with Gasteiger partial charge in [-0.25, -0.2) is 4.98 Å². The van der Waals surface area contributed by atoms with E-state index in [1.165, 1.54) is 4.70 Å². The summed E-state index contributed by atoms with van der Waals surface area (Å²) in [4.78, 5) is 4.53. The summed E-state index contributed by atoms with van der Waals surface area (Å²) in [7, 11) is 1.93. The van der Waals surface area contributed by atoms with E-state index >= 15 is 0 Å². The van der Waals surface area contributed by atoms with Gasteiger partial charge in [0, 0.05) is 12.1 Å². The van der Waals surface area contributed by atoms with E-state index in [1.54, 1.807) is 11.3 Å². The molecule has 0 radical (unpaired) electrons. The molecule has 2 rings (SSSR count). The average molecular weight is 216 g/mol. The fraction of sp³-hybridized carbons (Fsp3) is 0.250. The fourth-order valence-corrected chi connectivity index (χ4v) is 2.38. The highest BCUT2D eigenvalue weighted by Gasteiger charge is 2.02. The number of rotatable bonds is 2. The molecule has 1 aromatic heterocycles. The van der Waals surface area contributed by atoms with Crippen LogP contribution in [0.3, 0.4) is 0 Å². The molecular weight excluding hydrogens is 204 g/mol. The Labute approximate surface area is 93.3 Å². The smallest absolute Gasteiger partial charge is 0.108 e. The lowest BCUT2D eigenvalue weighted by atomic mass is 10.2. The summed E-state index contributed by atoms with van der Waals surface area (Å²) in [5, 5.41) is 4.22. The van der Waals surface area contributed by atoms with E-state index in [9.17, 15) is 0 Å². The lowest BCUT2D eigenvalue weighted by molar-refractivity contribution is 0.812. The molecule has 0 fully saturated rings. The molecule has 0 saturated carbocycles.